The number of hydrogen-bond acceptors (Lipinski definition) is 6. The van der Waals surface area contributed by atoms with Gasteiger partial charge in [-0.05, 0) is 38.3 Å². The maximum Gasteiger partial charge on any atom is 0.236 e. The third kappa shape index (κ3) is 4.64. The van der Waals surface area contributed by atoms with E-state index in [1.807, 2.05) is 17.0 Å². The number of carbonyl (C=O) groups excluding carboxylic acids is 1. The van der Waals surface area contributed by atoms with E-state index in [9.17, 15) is 4.79 Å². The average molecular weight is 333 g/mol. The van der Waals surface area contributed by atoms with Crippen LogP contribution in [0, 0.1) is 0 Å². The molecule has 7 heteroatoms. The summed E-state index contributed by atoms with van der Waals surface area (Å²) < 4.78 is 5.80. The highest BCUT2D eigenvalue weighted by molar-refractivity contribution is 5.78. The van der Waals surface area contributed by atoms with Crippen molar-refractivity contribution in [2.45, 2.75) is 38.3 Å². The van der Waals surface area contributed by atoms with Crippen molar-refractivity contribution in [2.24, 2.45) is 0 Å². The van der Waals surface area contributed by atoms with Gasteiger partial charge in [-0.25, -0.2) is 0 Å². The Bertz CT molecular complexity index is 527. The van der Waals surface area contributed by atoms with Crippen molar-refractivity contribution in [2.75, 3.05) is 44.6 Å². The second-order valence-electron chi connectivity index (χ2n) is 6.65. The number of nitrogens with one attached hydrogen (secondary N) is 1. The number of ether oxygens (including phenoxy) is 1. The molecule has 3 heterocycles. The Labute approximate surface area is 143 Å². The maximum atomic E-state index is 12.6. The molecule has 0 saturated carbocycles. The Kier molecular flexibility index (Phi) is 5.98. The van der Waals surface area contributed by atoms with E-state index in [-0.39, 0.29) is 12.0 Å². The zero-order valence-corrected chi connectivity index (χ0v) is 14.4. The van der Waals surface area contributed by atoms with E-state index in [0.717, 1.165) is 38.3 Å². The van der Waals surface area contributed by atoms with Crippen molar-refractivity contribution in [1.29, 1.82) is 0 Å². The molecule has 2 aliphatic heterocycles. The highest BCUT2D eigenvalue weighted by atomic mass is 16.5. The number of aromatic nitrogens is 2. The van der Waals surface area contributed by atoms with Crippen LogP contribution in [0.4, 0.5) is 5.82 Å². The summed E-state index contributed by atoms with van der Waals surface area (Å²) >= 11 is 0. The molecule has 7 nitrogen and oxygen atoms in total. The Morgan fingerprint density at radius 3 is 3.12 bits per heavy atom. The van der Waals surface area contributed by atoms with Gasteiger partial charge in [-0.3, -0.25) is 9.69 Å². The minimum absolute atomic E-state index is 0.0623. The zero-order valence-electron chi connectivity index (χ0n) is 14.4. The van der Waals surface area contributed by atoms with Crippen molar-refractivity contribution in [3.05, 3.63) is 18.3 Å². The standard InChI is InChI=1S/C17H27N5O2/c1-14-5-2-3-8-22(14)17(23)13-21-9-10-24-15(12-21)11-18-16-6-4-7-19-20-16/h4,6-7,14-15H,2-3,5,8-13H2,1H3,(H,18,20)/t14-,15-/m1/s1. The molecule has 1 N–H and O–H groups in total. The highest BCUT2D eigenvalue weighted by Crippen LogP contribution is 2.17. The van der Waals surface area contributed by atoms with Crippen LogP contribution in [0.5, 0.6) is 0 Å². The largest absolute Gasteiger partial charge is 0.374 e. The number of amides is 1. The van der Waals surface area contributed by atoms with Gasteiger partial charge in [0.15, 0.2) is 0 Å². The normalized spacial score (nSPS) is 25.5. The van der Waals surface area contributed by atoms with E-state index in [2.05, 4.69) is 27.3 Å². The predicted molar refractivity (Wildman–Crippen MR) is 91.7 cm³/mol. The molecule has 2 aliphatic rings. The van der Waals surface area contributed by atoms with Gasteiger partial charge in [0.05, 0.1) is 19.3 Å². The van der Waals surface area contributed by atoms with Crippen molar-refractivity contribution in [3.63, 3.8) is 0 Å². The lowest BCUT2D eigenvalue weighted by molar-refractivity contribution is -0.137. The van der Waals surface area contributed by atoms with Crippen molar-refractivity contribution < 1.29 is 9.53 Å². The van der Waals surface area contributed by atoms with Crippen molar-refractivity contribution >= 4 is 11.7 Å². The molecule has 3 rings (SSSR count). The molecule has 0 aliphatic carbocycles. The van der Waals surface area contributed by atoms with Crippen LogP contribution in [0.25, 0.3) is 0 Å². The topological polar surface area (TPSA) is 70.6 Å². The van der Waals surface area contributed by atoms with Crippen LogP contribution in [0.15, 0.2) is 18.3 Å². The predicted octanol–water partition coefficient (Wildman–Crippen LogP) is 0.990. The lowest BCUT2D eigenvalue weighted by Gasteiger charge is -2.37. The molecule has 1 aromatic rings. The van der Waals surface area contributed by atoms with Crippen LogP contribution >= 0.6 is 0 Å². The van der Waals surface area contributed by atoms with Crippen molar-refractivity contribution in [3.8, 4) is 0 Å². The summed E-state index contributed by atoms with van der Waals surface area (Å²) in [6, 6.07) is 4.11. The lowest BCUT2D eigenvalue weighted by Crippen LogP contribution is -2.51. The van der Waals surface area contributed by atoms with Crippen LogP contribution in [-0.4, -0.2) is 77.4 Å². The van der Waals surface area contributed by atoms with Crippen LogP contribution in [0.3, 0.4) is 0 Å². The van der Waals surface area contributed by atoms with Crippen molar-refractivity contribution in [1.82, 2.24) is 20.0 Å². The summed E-state index contributed by atoms with van der Waals surface area (Å²) in [7, 11) is 0. The van der Waals surface area contributed by atoms with E-state index in [0.29, 0.717) is 25.7 Å². The van der Waals surface area contributed by atoms with Gasteiger partial charge < -0.3 is 15.0 Å². The van der Waals surface area contributed by atoms with E-state index in [1.165, 1.54) is 6.42 Å². The summed E-state index contributed by atoms with van der Waals surface area (Å²) in [6.45, 7) is 6.47. The highest BCUT2D eigenvalue weighted by Gasteiger charge is 2.27. The van der Waals surface area contributed by atoms with E-state index < -0.39 is 0 Å². The Morgan fingerprint density at radius 2 is 2.33 bits per heavy atom. The van der Waals surface area contributed by atoms with E-state index >= 15 is 0 Å². The molecule has 24 heavy (non-hydrogen) atoms. The molecule has 1 amide bonds. The zero-order chi connectivity index (χ0) is 16.8. The molecule has 0 bridgehead atoms. The molecule has 2 atom stereocenters. The average Bonchev–Trinajstić information content (AvgIpc) is 2.61. The Balaban J connectivity index is 1.45. The first-order valence-corrected chi connectivity index (χ1v) is 8.87. The molecule has 0 aromatic carbocycles. The fourth-order valence-corrected chi connectivity index (χ4v) is 3.41. The second-order valence-corrected chi connectivity index (χ2v) is 6.65. The smallest absolute Gasteiger partial charge is 0.236 e. The van der Waals surface area contributed by atoms with Gasteiger partial charge in [0, 0.05) is 38.4 Å². The van der Waals surface area contributed by atoms with E-state index in [1.54, 1.807) is 6.20 Å². The number of morpholine rings is 1. The third-order valence-corrected chi connectivity index (χ3v) is 4.79. The molecule has 2 fully saturated rings. The molecule has 0 unspecified atom stereocenters. The quantitative estimate of drug-likeness (QED) is 0.866. The number of likely N-dealkylation sites (tertiary alicyclic amines) is 1. The monoisotopic (exact) mass is 333 g/mol. The lowest BCUT2D eigenvalue weighted by atomic mass is 10.0. The molecule has 2 saturated heterocycles. The van der Waals surface area contributed by atoms with Crippen LogP contribution in [0.1, 0.15) is 26.2 Å². The minimum Gasteiger partial charge on any atom is -0.374 e. The number of rotatable bonds is 5. The summed E-state index contributed by atoms with van der Waals surface area (Å²) in [5.41, 5.74) is 0. The van der Waals surface area contributed by atoms with Gasteiger partial charge in [-0.2, -0.15) is 5.10 Å². The molecular formula is C17H27N5O2. The first kappa shape index (κ1) is 17.1. The van der Waals surface area contributed by atoms with E-state index in [4.69, 9.17) is 4.74 Å². The third-order valence-electron chi connectivity index (χ3n) is 4.79. The molecular weight excluding hydrogens is 306 g/mol. The molecule has 132 valence electrons. The maximum absolute atomic E-state index is 12.6. The van der Waals surface area contributed by atoms with Gasteiger partial charge >= 0.3 is 0 Å². The summed E-state index contributed by atoms with van der Waals surface area (Å²) in [5, 5.41) is 11.1. The summed E-state index contributed by atoms with van der Waals surface area (Å²) in [5.74, 6) is 1.00. The number of nitrogens with zero attached hydrogens (tertiary/aromatic N) is 4. The molecule has 0 spiro atoms. The Morgan fingerprint density at radius 1 is 1.42 bits per heavy atom. The first-order valence-electron chi connectivity index (χ1n) is 8.87. The summed E-state index contributed by atoms with van der Waals surface area (Å²) in [4.78, 5) is 16.8. The van der Waals surface area contributed by atoms with Gasteiger partial charge in [0.25, 0.3) is 0 Å². The molecule has 0 radical (unpaired) electrons. The van der Waals surface area contributed by atoms with Crippen LogP contribution < -0.4 is 5.32 Å². The SMILES string of the molecule is C[C@@H]1CCCCN1C(=O)CN1CCO[C@H](CNc2cccnn2)C1. The Hall–Kier alpha value is -1.73. The number of carbonyl (C=O) groups is 1. The number of hydrogen-bond donors (Lipinski definition) is 1. The fourth-order valence-electron chi connectivity index (χ4n) is 3.41. The van der Waals surface area contributed by atoms with Crippen LogP contribution in [-0.2, 0) is 9.53 Å². The van der Waals surface area contributed by atoms with Gasteiger partial charge in [0.2, 0.25) is 5.91 Å². The second kappa shape index (κ2) is 8.39. The number of anilines is 1. The van der Waals surface area contributed by atoms with Gasteiger partial charge in [-0.1, -0.05) is 0 Å². The first-order chi connectivity index (χ1) is 11.7. The summed E-state index contributed by atoms with van der Waals surface area (Å²) in [6.07, 6.45) is 5.20. The van der Waals surface area contributed by atoms with Gasteiger partial charge in [-0.15, -0.1) is 5.10 Å². The minimum atomic E-state index is 0.0623. The molecule has 1 aromatic heterocycles. The fraction of sp³-hybridized carbons (Fsp3) is 0.706. The van der Waals surface area contributed by atoms with Gasteiger partial charge in [0.1, 0.15) is 5.82 Å². The van der Waals surface area contributed by atoms with Crippen LogP contribution in [0.2, 0.25) is 0 Å². The number of piperidine rings is 1.